The third kappa shape index (κ3) is 3.15. The van der Waals surface area contributed by atoms with Crippen LogP contribution in [0.1, 0.15) is 39.8 Å². The van der Waals surface area contributed by atoms with Crippen LogP contribution in [0.2, 0.25) is 0 Å². The highest BCUT2D eigenvalue weighted by molar-refractivity contribution is 7.93. The molecule has 1 spiro atoms. The molecule has 8 nitrogen and oxygen atoms in total. The first-order chi connectivity index (χ1) is 14.8. The van der Waals surface area contributed by atoms with Crippen molar-refractivity contribution in [2.75, 3.05) is 18.8 Å². The molecule has 1 unspecified atom stereocenters. The van der Waals surface area contributed by atoms with Crippen molar-refractivity contribution in [1.82, 2.24) is 20.0 Å². The number of amides is 1. The van der Waals surface area contributed by atoms with Crippen molar-refractivity contribution < 1.29 is 17.7 Å². The van der Waals surface area contributed by atoms with Crippen LogP contribution in [0.5, 0.6) is 0 Å². The fourth-order valence-electron chi connectivity index (χ4n) is 4.52. The lowest BCUT2D eigenvalue weighted by atomic mass is 9.82. The molecular formula is C22H22N4O4S. The molecule has 1 aromatic carbocycles. The average Bonchev–Trinajstić information content (AvgIpc) is 3.29. The Bertz CT molecular complexity index is 1260. The zero-order valence-corrected chi connectivity index (χ0v) is 18.1. The molecule has 1 atom stereocenters. The molecule has 0 N–H and O–H groups in total. The number of pyridine rings is 1. The summed E-state index contributed by atoms with van der Waals surface area (Å²) in [7, 11) is -3.40. The number of aryl methyl sites for hydroxylation is 2. The van der Waals surface area contributed by atoms with Gasteiger partial charge < -0.3 is 9.42 Å². The van der Waals surface area contributed by atoms with E-state index in [1.54, 1.807) is 17.0 Å². The summed E-state index contributed by atoms with van der Waals surface area (Å²) in [6.07, 6.45) is 1.93. The second kappa shape index (κ2) is 6.98. The number of hydrogen-bond donors (Lipinski definition) is 0. The lowest BCUT2D eigenvalue weighted by molar-refractivity contribution is 0.0503. The van der Waals surface area contributed by atoms with E-state index in [1.165, 1.54) is 6.20 Å². The number of benzene rings is 1. The minimum Gasteiger partial charge on any atom is -0.339 e. The Balaban J connectivity index is 1.41. The highest BCUT2D eigenvalue weighted by Gasteiger charge is 2.64. The predicted octanol–water partition coefficient (Wildman–Crippen LogP) is 2.55. The van der Waals surface area contributed by atoms with Crippen molar-refractivity contribution in [3.63, 3.8) is 0 Å². The maximum absolute atomic E-state index is 13.0. The molecule has 2 aliphatic rings. The largest absolute Gasteiger partial charge is 0.339 e. The predicted molar refractivity (Wildman–Crippen MR) is 113 cm³/mol. The van der Waals surface area contributed by atoms with E-state index >= 15 is 0 Å². The molecule has 0 bridgehead atoms. The van der Waals surface area contributed by atoms with E-state index in [-0.39, 0.29) is 24.7 Å². The number of aromatic nitrogens is 3. The van der Waals surface area contributed by atoms with Gasteiger partial charge in [-0.05, 0) is 38.5 Å². The van der Waals surface area contributed by atoms with Crippen LogP contribution in [0.3, 0.4) is 0 Å². The van der Waals surface area contributed by atoms with Crippen LogP contribution in [-0.2, 0) is 9.84 Å². The van der Waals surface area contributed by atoms with Gasteiger partial charge in [0.15, 0.2) is 9.84 Å². The van der Waals surface area contributed by atoms with Gasteiger partial charge in [0.2, 0.25) is 11.7 Å². The normalized spacial score (nSPS) is 21.2. The van der Waals surface area contributed by atoms with Crippen LogP contribution in [0, 0.1) is 13.8 Å². The summed E-state index contributed by atoms with van der Waals surface area (Å²) in [5.41, 5.74) is 3.16. The zero-order valence-electron chi connectivity index (χ0n) is 17.3. The molecular weight excluding hydrogens is 416 g/mol. The van der Waals surface area contributed by atoms with Crippen molar-refractivity contribution in [2.45, 2.75) is 30.9 Å². The molecule has 2 fully saturated rings. The Morgan fingerprint density at radius 1 is 1.19 bits per heavy atom. The lowest BCUT2D eigenvalue weighted by Gasteiger charge is -2.48. The van der Waals surface area contributed by atoms with E-state index < -0.39 is 20.5 Å². The van der Waals surface area contributed by atoms with Gasteiger partial charge in [-0.25, -0.2) is 8.42 Å². The molecule has 160 valence electrons. The van der Waals surface area contributed by atoms with Crippen molar-refractivity contribution >= 4 is 15.7 Å². The van der Waals surface area contributed by atoms with Crippen LogP contribution in [0.15, 0.2) is 47.1 Å². The van der Waals surface area contributed by atoms with Gasteiger partial charge in [-0.15, -0.1) is 0 Å². The standard InChI is InChI=1S/C22H22N4O4S/c1-14-4-3-5-16(10-14)19-24-20(30-25-19)18-8-9-31(28,29)22(18)12-26(13-22)21(27)17-7-6-15(2)23-11-17/h3-7,10-11,18H,8-9,12-13H2,1-2H3. The molecule has 31 heavy (non-hydrogen) atoms. The summed E-state index contributed by atoms with van der Waals surface area (Å²) >= 11 is 0. The molecule has 2 saturated heterocycles. The molecule has 0 saturated carbocycles. The van der Waals surface area contributed by atoms with E-state index in [2.05, 4.69) is 15.1 Å². The Labute approximate surface area is 180 Å². The Morgan fingerprint density at radius 2 is 2.00 bits per heavy atom. The highest BCUT2D eigenvalue weighted by Crippen LogP contribution is 2.50. The number of sulfone groups is 1. The maximum atomic E-state index is 13.0. The zero-order chi connectivity index (χ0) is 21.8. The summed E-state index contributed by atoms with van der Waals surface area (Å²) in [4.78, 5) is 23.0. The molecule has 3 aromatic rings. The summed E-state index contributed by atoms with van der Waals surface area (Å²) < 4.78 is 30.4. The highest BCUT2D eigenvalue weighted by atomic mass is 32.2. The number of rotatable bonds is 3. The third-order valence-corrected chi connectivity index (χ3v) is 8.86. The number of nitrogens with zero attached hydrogens (tertiary/aromatic N) is 4. The molecule has 1 amide bonds. The fraction of sp³-hybridized carbons (Fsp3) is 0.364. The van der Waals surface area contributed by atoms with E-state index in [4.69, 9.17) is 4.52 Å². The number of likely N-dealkylation sites (tertiary alicyclic amines) is 1. The fourth-order valence-corrected chi connectivity index (χ4v) is 6.83. The van der Waals surface area contributed by atoms with Gasteiger partial charge in [0, 0.05) is 30.5 Å². The van der Waals surface area contributed by atoms with Crippen molar-refractivity contribution in [3.05, 3.63) is 65.3 Å². The first kappa shape index (κ1) is 19.9. The minimum atomic E-state index is -3.40. The Kier molecular flexibility index (Phi) is 4.47. The van der Waals surface area contributed by atoms with Gasteiger partial charge in [-0.1, -0.05) is 28.9 Å². The molecule has 0 radical (unpaired) electrons. The van der Waals surface area contributed by atoms with Crippen LogP contribution in [-0.4, -0.2) is 57.9 Å². The summed E-state index contributed by atoms with van der Waals surface area (Å²) in [5.74, 6) is 0.167. The number of carbonyl (C=O) groups is 1. The van der Waals surface area contributed by atoms with Crippen molar-refractivity contribution in [1.29, 1.82) is 0 Å². The van der Waals surface area contributed by atoms with Gasteiger partial charge >= 0.3 is 0 Å². The Morgan fingerprint density at radius 3 is 2.71 bits per heavy atom. The lowest BCUT2D eigenvalue weighted by Crippen LogP contribution is -2.67. The van der Waals surface area contributed by atoms with Crippen molar-refractivity contribution in [3.8, 4) is 11.4 Å². The monoisotopic (exact) mass is 438 g/mol. The second-order valence-corrected chi connectivity index (χ2v) is 10.9. The van der Waals surface area contributed by atoms with Gasteiger partial charge in [0.25, 0.3) is 5.91 Å². The number of carbonyl (C=O) groups excluding carboxylic acids is 1. The van der Waals surface area contributed by atoms with E-state index in [0.717, 1.165) is 16.8 Å². The summed E-state index contributed by atoms with van der Waals surface area (Å²) in [5, 5.41) is 4.08. The topological polar surface area (TPSA) is 106 Å². The maximum Gasteiger partial charge on any atom is 0.255 e. The van der Waals surface area contributed by atoms with Crippen LogP contribution in [0.25, 0.3) is 11.4 Å². The minimum absolute atomic E-state index is 0.0495. The quantitative estimate of drug-likeness (QED) is 0.619. The molecule has 4 heterocycles. The van der Waals surface area contributed by atoms with Crippen LogP contribution in [0.4, 0.5) is 0 Å². The van der Waals surface area contributed by atoms with Gasteiger partial charge in [0.1, 0.15) is 4.75 Å². The molecule has 2 aromatic heterocycles. The van der Waals surface area contributed by atoms with Gasteiger partial charge in [-0.3, -0.25) is 9.78 Å². The summed E-state index contributed by atoms with van der Waals surface area (Å²) in [6.45, 7) is 4.06. The summed E-state index contributed by atoms with van der Waals surface area (Å²) in [6, 6.07) is 11.2. The van der Waals surface area contributed by atoms with E-state index in [9.17, 15) is 13.2 Å². The van der Waals surface area contributed by atoms with E-state index in [1.807, 2.05) is 38.1 Å². The van der Waals surface area contributed by atoms with Gasteiger partial charge in [-0.2, -0.15) is 4.98 Å². The number of hydrogen-bond acceptors (Lipinski definition) is 7. The first-order valence-corrected chi connectivity index (χ1v) is 11.8. The molecule has 2 aliphatic heterocycles. The SMILES string of the molecule is Cc1cccc(-c2noc(C3CCS(=O)(=O)C34CN(C(=O)c3ccc(C)nc3)C4)n2)c1. The van der Waals surface area contributed by atoms with Crippen LogP contribution < -0.4 is 0 Å². The van der Waals surface area contributed by atoms with Crippen molar-refractivity contribution in [2.24, 2.45) is 0 Å². The molecule has 0 aliphatic carbocycles. The molecule has 9 heteroatoms. The molecule has 5 rings (SSSR count). The first-order valence-electron chi connectivity index (χ1n) is 10.1. The van der Waals surface area contributed by atoms with Crippen LogP contribution >= 0.6 is 0 Å². The average molecular weight is 439 g/mol. The van der Waals surface area contributed by atoms with Gasteiger partial charge in [0.05, 0.1) is 17.2 Å². The second-order valence-electron chi connectivity index (χ2n) is 8.40. The third-order valence-electron chi connectivity index (χ3n) is 6.31. The van der Waals surface area contributed by atoms with E-state index in [0.29, 0.717) is 23.7 Å². The smallest absolute Gasteiger partial charge is 0.255 e. The Hall–Kier alpha value is -3.07.